The van der Waals surface area contributed by atoms with Crippen LogP contribution in [0.3, 0.4) is 0 Å². The molecule has 0 aliphatic carbocycles. The molecule has 0 atom stereocenters. The number of carbonyl (C=O) groups excluding carboxylic acids is 3. The van der Waals surface area contributed by atoms with E-state index in [0.29, 0.717) is 23.4 Å². The molecule has 2 rings (SSSR count). The number of benzene rings is 2. The second-order valence-corrected chi connectivity index (χ2v) is 5.54. The first kappa shape index (κ1) is 19.5. The number of carbonyl (C=O) groups is 3. The number of amides is 3. The monoisotopic (exact) mass is 366 g/mol. The van der Waals surface area contributed by atoms with Gasteiger partial charge in [-0.2, -0.15) is 5.26 Å². The molecular formula is C19H18N4O4. The summed E-state index contributed by atoms with van der Waals surface area (Å²) in [5.74, 6) is -0.905. The molecule has 138 valence electrons. The highest BCUT2D eigenvalue weighted by Crippen LogP contribution is 2.13. The van der Waals surface area contributed by atoms with Crippen molar-refractivity contribution < 1.29 is 19.1 Å². The lowest BCUT2D eigenvalue weighted by Crippen LogP contribution is -2.33. The minimum atomic E-state index is -0.632. The number of nitriles is 1. The Morgan fingerprint density at radius 1 is 1.04 bits per heavy atom. The third kappa shape index (κ3) is 6.51. The van der Waals surface area contributed by atoms with Crippen LogP contribution < -0.4 is 21.1 Å². The number of hydrogen-bond acceptors (Lipinski definition) is 5. The van der Waals surface area contributed by atoms with E-state index in [2.05, 4.69) is 16.7 Å². The van der Waals surface area contributed by atoms with Crippen LogP contribution in [-0.4, -0.2) is 30.9 Å². The predicted molar refractivity (Wildman–Crippen MR) is 97.9 cm³/mol. The van der Waals surface area contributed by atoms with Gasteiger partial charge in [0.05, 0.1) is 19.0 Å². The first-order valence-electron chi connectivity index (χ1n) is 8.03. The fraction of sp³-hybridized carbons (Fsp3) is 0.158. The summed E-state index contributed by atoms with van der Waals surface area (Å²) in [6, 6.07) is 15.1. The van der Waals surface area contributed by atoms with Crippen molar-refractivity contribution in [2.45, 2.75) is 6.42 Å². The number of rotatable bonds is 8. The van der Waals surface area contributed by atoms with E-state index >= 15 is 0 Å². The van der Waals surface area contributed by atoms with Crippen LogP contribution in [0.5, 0.6) is 5.75 Å². The fourth-order valence-corrected chi connectivity index (χ4v) is 2.12. The topological polar surface area (TPSA) is 134 Å². The van der Waals surface area contributed by atoms with Crippen LogP contribution in [-0.2, 0) is 16.0 Å². The molecule has 0 saturated carbocycles. The van der Waals surface area contributed by atoms with Crippen molar-refractivity contribution in [1.29, 1.82) is 5.26 Å². The van der Waals surface area contributed by atoms with Gasteiger partial charge in [0.2, 0.25) is 5.91 Å². The minimum absolute atomic E-state index is 0.182. The van der Waals surface area contributed by atoms with Crippen molar-refractivity contribution in [2.24, 2.45) is 5.73 Å². The molecule has 8 heteroatoms. The first-order valence-corrected chi connectivity index (χ1v) is 8.03. The van der Waals surface area contributed by atoms with E-state index in [4.69, 9.17) is 15.7 Å². The van der Waals surface area contributed by atoms with E-state index in [1.165, 1.54) is 12.1 Å². The average molecular weight is 366 g/mol. The molecule has 0 saturated heterocycles. The highest BCUT2D eigenvalue weighted by molar-refractivity contribution is 5.97. The Balaban J connectivity index is 1.82. The standard InChI is InChI=1S/C19H18N4O4/c20-10-9-13-1-7-16(8-2-13)27-12-18(25)23-15-5-3-14(4-6-15)19(26)22-11-17(21)24/h1-8H,9,11-12H2,(H2,21,24)(H,22,26)(H,23,25). The summed E-state index contributed by atoms with van der Waals surface area (Å²) in [6.07, 6.45) is 0.317. The van der Waals surface area contributed by atoms with Gasteiger partial charge in [-0.25, -0.2) is 0 Å². The number of primary amides is 1. The highest BCUT2D eigenvalue weighted by Gasteiger charge is 2.08. The summed E-state index contributed by atoms with van der Waals surface area (Å²) >= 11 is 0. The molecule has 0 unspecified atom stereocenters. The minimum Gasteiger partial charge on any atom is -0.484 e. The van der Waals surface area contributed by atoms with Gasteiger partial charge in [0.15, 0.2) is 6.61 Å². The van der Waals surface area contributed by atoms with Gasteiger partial charge >= 0.3 is 0 Å². The SMILES string of the molecule is N#CCc1ccc(OCC(=O)Nc2ccc(C(=O)NCC(N)=O)cc2)cc1. The second-order valence-electron chi connectivity index (χ2n) is 5.54. The number of nitrogens with one attached hydrogen (secondary N) is 2. The predicted octanol–water partition coefficient (Wildman–Crippen LogP) is 0.985. The lowest BCUT2D eigenvalue weighted by atomic mass is 10.2. The average Bonchev–Trinajstić information content (AvgIpc) is 2.66. The van der Waals surface area contributed by atoms with Crippen LogP contribution in [0.15, 0.2) is 48.5 Å². The molecular weight excluding hydrogens is 348 g/mol. The summed E-state index contributed by atoms with van der Waals surface area (Å²) in [5, 5.41) is 13.6. The Kier molecular flexibility index (Phi) is 6.91. The lowest BCUT2D eigenvalue weighted by Gasteiger charge is -2.09. The molecule has 8 nitrogen and oxygen atoms in total. The molecule has 3 amide bonds. The summed E-state index contributed by atoms with van der Waals surface area (Å²) in [7, 11) is 0. The maximum atomic E-state index is 11.9. The van der Waals surface area contributed by atoms with Gasteiger partial charge in [-0.05, 0) is 42.0 Å². The molecule has 27 heavy (non-hydrogen) atoms. The third-order valence-corrected chi connectivity index (χ3v) is 3.43. The van der Waals surface area contributed by atoms with E-state index in [0.717, 1.165) is 5.56 Å². The molecule has 0 aliphatic heterocycles. The normalized spacial score (nSPS) is 9.74. The van der Waals surface area contributed by atoms with Crippen LogP contribution in [0.1, 0.15) is 15.9 Å². The van der Waals surface area contributed by atoms with E-state index in [1.807, 2.05) is 0 Å². The smallest absolute Gasteiger partial charge is 0.262 e. The summed E-state index contributed by atoms with van der Waals surface area (Å²) in [4.78, 5) is 34.4. The van der Waals surface area contributed by atoms with Crippen molar-refractivity contribution in [1.82, 2.24) is 5.32 Å². The quantitative estimate of drug-likeness (QED) is 0.640. The van der Waals surface area contributed by atoms with Crippen molar-refractivity contribution in [3.8, 4) is 11.8 Å². The van der Waals surface area contributed by atoms with E-state index < -0.39 is 11.8 Å². The number of anilines is 1. The zero-order chi connectivity index (χ0) is 19.6. The zero-order valence-corrected chi connectivity index (χ0v) is 14.4. The Bertz CT molecular complexity index is 855. The second kappa shape index (κ2) is 9.58. The maximum absolute atomic E-state index is 11.9. The van der Waals surface area contributed by atoms with Crippen molar-refractivity contribution in [2.75, 3.05) is 18.5 Å². The molecule has 2 aromatic rings. The molecule has 0 heterocycles. The van der Waals surface area contributed by atoms with E-state index in [9.17, 15) is 14.4 Å². The Hall–Kier alpha value is -3.86. The van der Waals surface area contributed by atoms with E-state index in [1.54, 1.807) is 36.4 Å². The number of nitrogens with two attached hydrogens (primary N) is 1. The van der Waals surface area contributed by atoms with Gasteiger partial charge in [-0.15, -0.1) is 0 Å². The Morgan fingerprint density at radius 2 is 1.70 bits per heavy atom. The van der Waals surface area contributed by atoms with Crippen LogP contribution in [0, 0.1) is 11.3 Å². The summed E-state index contributed by atoms with van der Waals surface area (Å²) in [6.45, 7) is -0.426. The first-order chi connectivity index (χ1) is 13.0. The largest absolute Gasteiger partial charge is 0.484 e. The number of nitrogens with zero attached hydrogens (tertiary/aromatic N) is 1. The highest BCUT2D eigenvalue weighted by atomic mass is 16.5. The van der Waals surface area contributed by atoms with Gasteiger partial charge in [0.1, 0.15) is 5.75 Å². The van der Waals surface area contributed by atoms with Crippen LogP contribution in [0.25, 0.3) is 0 Å². The van der Waals surface area contributed by atoms with Crippen molar-refractivity contribution in [3.05, 3.63) is 59.7 Å². The third-order valence-electron chi connectivity index (χ3n) is 3.43. The number of hydrogen-bond donors (Lipinski definition) is 3. The molecule has 0 aromatic heterocycles. The van der Waals surface area contributed by atoms with Gasteiger partial charge < -0.3 is 21.1 Å². The maximum Gasteiger partial charge on any atom is 0.262 e. The molecule has 0 aliphatic rings. The van der Waals surface area contributed by atoms with Gasteiger partial charge in [-0.3, -0.25) is 14.4 Å². The molecule has 4 N–H and O–H groups in total. The van der Waals surface area contributed by atoms with Crippen LogP contribution >= 0.6 is 0 Å². The number of ether oxygens (including phenoxy) is 1. The summed E-state index contributed by atoms with van der Waals surface area (Å²) < 4.78 is 5.39. The zero-order valence-electron chi connectivity index (χ0n) is 14.4. The Labute approximate surface area is 155 Å². The molecule has 2 aromatic carbocycles. The molecule has 0 spiro atoms. The van der Waals surface area contributed by atoms with Crippen LogP contribution in [0.2, 0.25) is 0 Å². The van der Waals surface area contributed by atoms with E-state index in [-0.39, 0.29) is 19.1 Å². The molecule has 0 radical (unpaired) electrons. The van der Waals surface area contributed by atoms with Crippen molar-refractivity contribution >= 4 is 23.4 Å². The van der Waals surface area contributed by atoms with Crippen molar-refractivity contribution in [3.63, 3.8) is 0 Å². The fourth-order valence-electron chi connectivity index (χ4n) is 2.12. The van der Waals surface area contributed by atoms with Crippen LogP contribution in [0.4, 0.5) is 5.69 Å². The Morgan fingerprint density at radius 3 is 2.30 bits per heavy atom. The molecule has 0 fully saturated rings. The lowest BCUT2D eigenvalue weighted by molar-refractivity contribution is -0.118. The van der Waals surface area contributed by atoms with Gasteiger partial charge in [-0.1, -0.05) is 12.1 Å². The van der Waals surface area contributed by atoms with Gasteiger partial charge in [0.25, 0.3) is 11.8 Å². The van der Waals surface area contributed by atoms with Gasteiger partial charge in [0, 0.05) is 11.3 Å². The summed E-state index contributed by atoms with van der Waals surface area (Å²) in [5.41, 5.74) is 6.67. The molecule has 0 bridgehead atoms.